The van der Waals surface area contributed by atoms with E-state index in [0.717, 1.165) is 18.8 Å². The van der Waals surface area contributed by atoms with Crippen molar-refractivity contribution < 1.29 is 5.11 Å². The van der Waals surface area contributed by atoms with Crippen LogP contribution in [0, 0.1) is 17.3 Å². The molecule has 2 unspecified atom stereocenters. The smallest absolute Gasteiger partial charge is 0.0670 e. The minimum Gasteiger partial charge on any atom is -0.390 e. The minimum atomic E-state index is -0.389. The lowest BCUT2D eigenvalue weighted by atomic mass is 9.75. The van der Waals surface area contributed by atoms with Crippen molar-refractivity contribution in [2.45, 2.75) is 72.3 Å². The van der Waals surface area contributed by atoms with Crippen LogP contribution in [0.4, 0.5) is 0 Å². The predicted molar refractivity (Wildman–Crippen MR) is 65.8 cm³/mol. The summed E-state index contributed by atoms with van der Waals surface area (Å²) < 4.78 is 0. The first-order chi connectivity index (χ1) is 6.76. The Kier molecular flexibility index (Phi) is 3.86. The van der Waals surface area contributed by atoms with Gasteiger partial charge in [0.15, 0.2) is 0 Å². The van der Waals surface area contributed by atoms with Gasteiger partial charge in [-0.1, -0.05) is 41.0 Å². The third-order valence-corrected chi connectivity index (χ3v) is 4.39. The molecule has 1 fully saturated rings. The zero-order chi connectivity index (χ0) is 11.7. The molecule has 1 nitrogen and oxygen atoms in total. The van der Waals surface area contributed by atoms with E-state index in [1.54, 1.807) is 0 Å². The molecule has 15 heavy (non-hydrogen) atoms. The largest absolute Gasteiger partial charge is 0.390 e. The van der Waals surface area contributed by atoms with Gasteiger partial charge in [-0.25, -0.2) is 0 Å². The SMILES string of the molecule is CC(C)C1(O)CCCC(C(C)(C)C)CC1. The van der Waals surface area contributed by atoms with Crippen molar-refractivity contribution in [1.82, 2.24) is 0 Å². The molecule has 0 aliphatic heterocycles. The van der Waals surface area contributed by atoms with Crippen LogP contribution in [0.15, 0.2) is 0 Å². The normalized spacial score (nSPS) is 34.2. The van der Waals surface area contributed by atoms with E-state index < -0.39 is 0 Å². The van der Waals surface area contributed by atoms with Crippen LogP contribution in [0.25, 0.3) is 0 Å². The summed E-state index contributed by atoms with van der Waals surface area (Å²) in [6.07, 6.45) is 5.66. The van der Waals surface area contributed by atoms with Gasteiger partial charge in [-0.05, 0) is 42.9 Å². The fraction of sp³-hybridized carbons (Fsp3) is 1.00. The maximum atomic E-state index is 10.5. The topological polar surface area (TPSA) is 20.2 Å². The summed E-state index contributed by atoms with van der Waals surface area (Å²) >= 11 is 0. The van der Waals surface area contributed by atoms with Crippen LogP contribution >= 0.6 is 0 Å². The standard InChI is InChI=1S/C14H28O/c1-11(2)14(15)9-6-7-12(8-10-14)13(3,4)5/h11-12,15H,6-10H2,1-5H3. The fourth-order valence-electron chi connectivity index (χ4n) is 2.79. The lowest BCUT2D eigenvalue weighted by Gasteiger charge is -2.33. The van der Waals surface area contributed by atoms with Crippen molar-refractivity contribution in [2.24, 2.45) is 17.3 Å². The van der Waals surface area contributed by atoms with Crippen LogP contribution in [0.1, 0.15) is 66.7 Å². The Morgan fingerprint density at radius 1 is 1.13 bits per heavy atom. The first-order valence-electron chi connectivity index (χ1n) is 6.48. The first-order valence-corrected chi connectivity index (χ1v) is 6.48. The molecule has 1 heteroatoms. The molecular weight excluding hydrogens is 184 g/mol. The molecule has 1 aliphatic carbocycles. The molecule has 1 aliphatic rings. The molecule has 0 aromatic heterocycles. The zero-order valence-corrected chi connectivity index (χ0v) is 11.1. The van der Waals surface area contributed by atoms with E-state index in [-0.39, 0.29) is 5.60 Å². The lowest BCUT2D eigenvalue weighted by Crippen LogP contribution is -2.34. The maximum Gasteiger partial charge on any atom is 0.0670 e. The molecule has 1 N–H and O–H groups in total. The lowest BCUT2D eigenvalue weighted by molar-refractivity contribution is -0.0207. The molecule has 0 bridgehead atoms. The Morgan fingerprint density at radius 3 is 2.20 bits per heavy atom. The van der Waals surface area contributed by atoms with Crippen LogP contribution < -0.4 is 0 Å². The van der Waals surface area contributed by atoms with Gasteiger partial charge in [0.05, 0.1) is 5.60 Å². The van der Waals surface area contributed by atoms with Gasteiger partial charge in [0.25, 0.3) is 0 Å². The van der Waals surface area contributed by atoms with Crippen molar-refractivity contribution in [2.75, 3.05) is 0 Å². The quantitative estimate of drug-likeness (QED) is 0.651. The third kappa shape index (κ3) is 3.21. The van der Waals surface area contributed by atoms with Gasteiger partial charge in [0, 0.05) is 0 Å². The van der Waals surface area contributed by atoms with E-state index in [1.165, 1.54) is 19.3 Å². The van der Waals surface area contributed by atoms with Crippen LogP contribution in [-0.2, 0) is 0 Å². The van der Waals surface area contributed by atoms with Gasteiger partial charge in [-0.2, -0.15) is 0 Å². The highest BCUT2D eigenvalue weighted by molar-refractivity contribution is 4.88. The Morgan fingerprint density at radius 2 is 1.73 bits per heavy atom. The van der Waals surface area contributed by atoms with Gasteiger partial charge in [-0.15, -0.1) is 0 Å². The Hall–Kier alpha value is -0.0400. The summed E-state index contributed by atoms with van der Waals surface area (Å²) in [5.41, 5.74) is 0.0161. The van der Waals surface area contributed by atoms with E-state index >= 15 is 0 Å². The average Bonchev–Trinajstić information content (AvgIpc) is 2.26. The monoisotopic (exact) mass is 212 g/mol. The molecule has 1 rings (SSSR count). The number of hydrogen-bond acceptors (Lipinski definition) is 1. The van der Waals surface area contributed by atoms with Crippen molar-refractivity contribution >= 4 is 0 Å². The van der Waals surface area contributed by atoms with Gasteiger partial charge in [-0.3, -0.25) is 0 Å². The highest BCUT2D eigenvalue weighted by Crippen LogP contribution is 2.41. The molecule has 1 saturated carbocycles. The van der Waals surface area contributed by atoms with Crippen LogP contribution in [-0.4, -0.2) is 10.7 Å². The van der Waals surface area contributed by atoms with Gasteiger partial charge in [0.2, 0.25) is 0 Å². The van der Waals surface area contributed by atoms with Crippen molar-refractivity contribution in [3.05, 3.63) is 0 Å². The van der Waals surface area contributed by atoms with Crippen LogP contribution in [0.2, 0.25) is 0 Å². The summed E-state index contributed by atoms with van der Waals surface area (Å²) in [6, 6.07) is 0. The fourth-order valence-corrected chi connectivity index (χ4v) is 2.79. The molecule has 0 amide bonds. The highest BCUT2D eigenvalue weighted by Gasteiger charge is 2.36. The molecule has 0 saturated heterocycles. The number of rotatable bonds is 1. The summed E-state index contributed by atoms with van der Waals surface area (Å²) in [7, 11) is 0. The highest BCUT2D eigenvalue weighted by atomic mass is 16.3. The first kappa shape index (κ1) is 13.0. The Bertz CT molecular complexity index is 202. The van der Waals surface area contributed by atoms with Crippen molar-refractivity contribution in [3.8, 4) is 0 Å². The third-order valence-electron chi connectivity index (χ3n) is 4.39. The summed E-state index contributed by atoms with van der Waals surface area (Å²) in [6.45, 7) is 11.3. The van der Waals surface area contributed by atoms with Gasteiger partial charge >= 0.3 is 0 Å². The minimum absolute atomic E-state index is 0.389. The average molecular weight is 212 g/mol. The molecule has 0 spiro atoms. The zero-order valence-electron chi connectivity index (χ0n) is 11.1. The molecule has 0 aromatic carbocycles. The predicted octanol–water partition coefficient (Wildman–Crippen LogP) is 4.00. The summed E-state index contributed by atoms with van der Waals surface area (Å²) in [5, 5.41) is 10.5. The second-order valence-corrected chi connectivity index (χ2v) is 6.75. The van der Waals surface area contributed by atoms with E-state index in [9.17, 15) is 5.11 Å². The van der Waals surface area contributed by atoms with E-state index in [4.69, 9.17) is 0 Å². The van der Waals surface area contributed by atoms with Crippen LogP contribution in [0.5, 0.6) is 0 Å². The van der Waals surface area contributed by atoms with Crippen molar-refractivity contribution in [1.29, 1.82) is 0 Å². The van der Waals surface area contributed by atoms with Crippen molar-refractivity contribution in [3.63, 3.8) is 0 Å². The molecule has 0 aromatic rings. The number of hydrogen-bond donors (Lipinski definition) is 1. The molecule has 0 heterocycles. The Labute approximate surface area is 95.3 Å². The maximum absolute atomic E-state index is 10.5. The number of aliphatic hydroxyl groups is 1. The van der Waals surface area contributed by atoms with Gasteiger partial charge < -0.3 is 5.11 Å². The van der Waals surface area contributed by atoms with E-state index in [0.29, 0.717) is 11.3 Å². The van der Waals surface area contributed by atoms with Gasteiger partial charge in [0.1, 0.15) is 0 Å². The molecule has 90 valence electrons. The molecule has 2 atom stereocenters. The van der Waals surface area contributed by atoms with Crippen LogP contribution in [0.3, 0.4) is 0 Å². The second-order valence-electron chi connectivity index (χ2n) is 6.75. The summed E-state index contributed by atoms with van der Waals surface area (Å²) in [4.78, 5) is 0. The molecular formula is C14H28O. The second kappa shape index (κ2) is 4.45. The van der Waals surface area contributed by atoms with E-state index in [2.05, 4.69) is 34.6 Å². The van der Waals surface area contributed by atoms with E-state index in [1.807, 2.05) is 0 Å². The summed E-state index contributed by atoms with van der Waals surface area (Å²) in [5.74, 6) is 1.18. The molecule has 0 radical (unpaired) electrons. The Balaban J connectivity index is 2.64.